The molecule has 0 aliphatic heterocycles. The average Bonchev–Trinajstić information content (AvgIpc) is 2.19. The van der Waals surface area contributed by atoms with Gasteiger partial charge in [-0.1, -0.05) is 6.07 Å². The lowest BCUT2D eigenvalue weighted by Gasteiger charge is -2.13. The summed E-state index contributed by atoms with van der Waals surface area (Å²) in [5.74, 6) is 0. The van der Waals surface area contributed by atoms with E-state index < -0.39 is 26.5 Å². The van der Waals surface area contributed by atoms with Crippen LogP contribution < -0.4 is 0 Å². The number of rotatable bonds is 3. The Labute approximate surface area is 80.7 Å². The highest BCUT2D eigenvalue weighted by Gasteiger charge is 2.44. The molecule has 0 spiro atoms. The van der Waals surface area contributed by atoms with Crippen molar-refractivity contribution in [3.05, 3.63) is 31.3 Å². The summed E-state index contributed by atoms with van der Waals surface area (Å²) in [6, 6.07) is 3.80. The lowest BCUT2D eigenvalue weighted by atomic mass is 10.5. The Bertz CT molecular complexity index is 403. The fourth-order valence-corrected chi connectivity index (χ4v) is 1.83. The highest BCUT2D eigenvalue weighted by atomic mass is 32.2. The molecule has 77 valence electrons. The summed E-state index contributed by atoms with van der Waals surface area (Å²) in [6.45, 7) is 2.89. The maximum Gasteiger partial charge on any atom is 0.351 e. The predicted molar refractivity (Wildman–Crippen MR) is 46.3 cm³/mol. The van der Waals surface area contributed by atoms with Crippen molar-refractivity contribution in [1.82, 2.24) is 4.98 Å². The second kappa shape index (κ2) is 3.61. The van der Waals surface area contributed by atoms with Crippen LogP contribution in [0.5, 0.6) is 0 Å². The standard InChI is InChI=1S/C8H8F2NO2S/c1-2-8(9,10)14(12,13)7-5-3-4-6-11-7/h3-6H,1-2H2. The van der Waals surface area contributed by atoms with Crippen molar-refractivity contribution in [1.29, 1.82) is 0 Å². The molecule has 1 radical (unpaired) electrons. The van der Waals surface area contributed by atoms with Crippen LogP contribution >= 0.6 is 0 Å². The summed E-state index contributed by atoms with van der Waals surface area (Å²) < 4.78 is 48.3. The number of nitrogens with zero attached hydrogens (tertiary/aromatic N) is 1. The smallest absolute Gasteiger partial charge is 0.245 e. The fraction of sp³-hybridized carbons (Fsp3) is 0.250. The second-order valence-electron chi connectivity index (χ2n) is 2.56. The first-order valence-corrected chi connectivity index (χ1v) is 5.23. The van der Waals surface area contributed by atoms with Gasteiger partial charge in [0.2, 0.25) is 0 Å². The third-order valence-electron chi connectivity index (χ3n) is 1.60. The molecule has 0 aliphatic rings. The number of hydrogen-bond donors (Lipinski definition) is 0. The van der Waals surface area contributed by atoms with E-state index in [1.165, 1.54) is 12.1 Å². The Morgan fingerprint density at radius 2 is 2.07 bits per heavy atom. The molecule has 14 heavy (non-hydrogen) atoms. The molecule has 0 saturated carbocycles. The minimum absolute atomic E-state index is 0.631. The molecule has 0 amide bonds. The highest BCUT2D eigenvalue weighted by molar-refractivity contribution is 7.92. The third kappa shape index (κ3) is 1.75. The summed E-state index contributed by atoms with van der Waals surface area (Å²) in [7, 11) is -4.70. The Morgan fingerprint density at radius 1 is 1.43 bits per heavy atom. The van der Waals surface area contributed by atoms with Gasteiger partial charge >= 0.3 is 5.25 Å². The van der Waals surface area contributed by atoms with Crippen LogP contribution in [0, 0.1) is 6.92 Å². The van der Waals surface area contributed by atoms with Gasteiger partial charge in [0.05, 0.1) is 0 Å². The summed E-state index contributed by atoms with van der Waals surface area (Å²) in [5, 5.41) is -4.49. The normalized spacial score (nSPS) is 12.8. The summed E-state index contributed by atoms with van der Waals surface area (Å²) in [5.41, 5.74) is 0. The van der Waals surface area contributed by atoms with Gasteiger partial charge in [-0.25, -0.2) is 13.4 Å². The van der Waals surface area contributed by atoms with E-state index in [9.17, 15) is 17.2 Å². The zero-order valence-electron chi connectivity index (χ0n) is 7.15. The first-order valence-electron chi connectivity index (χ1n) is 3.74. The van der Waals surface area contributed by atoms with Gasteiger partial charge in [-0.05, 0) is 19.1 Å². The van der Waals surface area contributed by atoms with Crippen molar-refractivity contribution in [3.8, 4) is 0 Å². The molecule has 3 nitrogen and oxygen atoms in total. The maximum absolute atomic E-state index is 12.9. The zero-order chi connectivity index (χ0) is 10.8. The van der Waals surface area contributed by atoms with Gasteiger partial charge < -0.3 is 0 Å². The van der Waals surface area contributed by atoms with E-state index in [1.54, 1.807) is 0 Å². The van der Waals surface area contributed by atoms with Gasteiger partial charge in [-0.2, -0.15) is 8.78 Å². The molecular formula is C8H8F2NO2S. The van der Waals surface area contributed by atoms with Crippen molar-refractivity contribution in [3.63, 3.8) is 0 Å². The van der Waals surface area contributed by atoms with Gasteiger partial charge in [-0.3, -0.25) is 0 Å². The van der Waals surface area contributed by atoms with Gasteiger partial charge in [0.15, 0.2) is 5.03 Å². The van der Waals surface area contributed by atoms with Gasteiger partial charge in [-0.15, -0.1) is 0 Å². The van der Waals surface area contributed by atoms with Crippen molar-refractivity contribution in [2.75, 3.05) is 0 Å². The van der Waals surface area contributed by atoms with Crippen LogP contribution in [-0.4, -0.2) is 18.7 Å². The van der Waals surface area contributed by atoms with Gasteiger partial charge in [0, 0.05) is 12.6 Å². The Kier molecular flexibility index (Phi) is 2.84. The molecule has 0 atom stereocenters. The maximum atomic E-state index is 12.9. The quantitative estimate of drug-likeness (QED) is 0.778. The molecule has 1 rings (SSSR count). The summed E-state index contributed by atoms with van der Waals surface area (Å²) >= 11 is 0. The monoisotopic (exact) mass is 220 g/mol. The summed E-state index contributed by atoms with van der Waals surface area (Å²) in [6.07, 6.45) is 0.137. The van der Waals surface area contributed by atoms with E-state index in [2.05, 4.69) is 11.9 Å². The van der Waals surface area contributed by atoms with E-state index >= 15 is 0 Å². The topological polar surface area (TPSA) is 47.0 Å². The Hall–Kier alpha value is -1.04. The highest BCUT2D eigenvalue weighted by Crippen LogP contribution is 2.30. The largest absolute Gasteiger partial charge is 0.351 e. The first-order chi connectivity index (χ1) is 6.42. The van der Waals surface area contributed by atoms with Crippen LogP contribution in [0.2, 0.25) is 0 Å². The molecule has 1 aromatic heterocycles. The van der Waals surface area contributed by atoms with Crippen LogP contribution in [0.25, 0.3) is 0 Å². The van der Waals surface area contributed by atoms with Crippen molar-refractivity contribution in [2.45, 2.75) is 16.7 Å². The molecule has 1 aromatic rings. The minimum Gasteiger partial charge on any atom is -0.245 e. The molecular weight excluding hydrogens is 212 g/mol. The van der Waals surface area contributed by atoms with Crippen LogP contribution in [0.15, 0.2) is 29.4 Å². The van der Waals surface area contributed by atoms with Crippen molar-refractivity contribution in [2.24, 2.45) is 0 Å². The van der Waals surface area contributed by atoms with Crippen LogP contribution in [-0.2, 0) is 9.84 Å². The third-order valence-corrected chi connectivity index (χ3v) is 3.38. The number of sulfone groups is 1. The molecule has 0 N–H and O–H groups in total. The van der Waals surface area contributed by atoms with Crippen LogP contribution in [0.4, 0.5) is 8.78 Å². The molecule has 0 fully saturated rings. The number of alkyl halides is 2. The fourth-order valence-electron chi connectivity index (χ4n) is 0.793. The molecule has 0 aromatic carbocycles. The Balaban J connectivity index is 3.23. The van der Waals surface area contributed by atoms with E-state index in [0.29, 0.717) is 0 Å². The van der Waals surface area contributed by atoms with Crippen LogP contribution in [0.3, 0.4) is 0 Å². The molecule has 1 heterocycles. The number of pyridine rings is 1. The van der Waals surface area contributed by atoms with E-state index in [1.807, 2.05) is 0 Å². The minimum atomic E-state index is -4.70. The van der Waals surface area contributed by atoms with Crippen LogP contribution in [0.1, 0.15) is 6.42 Å². The first kappa shape index (κ1) is 11.0. The number of hydrogen-bond acceptors (Lipinski definition) is 3. The van der Waals surface area contributed by atoms with Gasteiger partial charge in [0.25, 0.3) is 9.84 Å². The molecule has 0 unspecified atom stereocenters. The lowest BCUT2D eigenvalue weighted by Crippen LogP contribution is -2.28. The Morgan fingerprint density at radius 3 is 2.50 bits per heavy atom. The second-order valence-corrected chi connectivity index (χ2v) is 4.58. The molecule has 0 aliphatic carbocycles. The van der Waals surface area contributed by atoms with E-state index in [0.717, 1.165) is 12.3 Å². The van der Waals surface area contributed by atoms with Crippen molar-refractivity contribution >= 4 is 9.84 Å². The van der Waals surface area contributed by atoms with E-state index in [-0.39, 0.29) is 0 Å². The molecule has 0 saturated heterocycles. The predicted octanol–water partition coefficient (Wildman–Crippen LogP) is 1.67. The summed E-state index contributed by atoms with van der Waals surface area (Å²) in [4.78, 5) is 3.37. The average molecular weight is 220 g/mol. The van der Waals surface area contributed by atoms with Crippen molar-refractivity contribution < 1.29 is 17.2 Å². The molecule has 0 bridgehead atoms. The number of aromatic nitrogens is 1. The number of halogens is 2. The lowest BCUT2D eigenvalue weighted by molar-refractivity contribution is 0.0945. The van der Waals surface area contributed by atoms with E-state index in [4.69, 9.17) is 0 Å². The SMILES string of the molecule is [CH2]CC(F)(F)S(=O)(=O)c1ccccn1. The van der Waals surface area contributed by atoms with Gasteiger partial charge in [0.1, 0.15) is 0 Å². The zero-order valence-corrected chi connectivity index (χ0v) is 7.97. The molecule has 6 heteroatoms.